The third-order valence-corrected chi connectivity index (χ3v) is 3.57. The van der Waals surface area contributed by atoms with Crippen LogP contribution in [0.25, 0.3) is 0 Å². The molecule has 0 saturated heterocycles. The second-order valence-corrected chi connectivity index (χ2v) is 7.13. The molecule has 1 aromatic rings. The number of rotatable bonds is 6. The fourth-order valence-electron chi connectivity index (χ4n) is 2.00. The van der Waals surface area contributed by atoms with Gasteiger partial charge in [0, 0.05) is 12.2 Å². The Morgan fingerprint density at radius 1 is 1.25 bits per heavy atom. The van der Waals surface area contributed by atoms with Crippen molar-refractivity contribution in [2.24, 2.45) is 11.3 Å². The molecule has 0 spiro atoms. The summed E-state index contributed by atoms with van der Waals surface area (Å²) < 4.78 is 10.2. The Bertz CT molecular complexity index is 591. The molecule has 0 aliphatic rings. The number of carbonyl (C=O) groups is 2. The molecule has 0 fully saturated rings. The van der Waals surface area contributed by atoms with Crippen LogP contribution in [-0.2, 0) is 20.9 Å². The number of nitrogens with one attached hydrogen (secondary N) is 1. The van der Waals surface area contributed by atoms with E-state index in [2.05, 4.69) is 5.32 Å². The molecule has 0 aliphatic carbocycles. The normalized spacial score (nSPS) is 12.8. The minimum atomic E-state index is -0.590. The lowest BCUT2D eigenvalue weighted by Crippen LogP contribution is -2.41. The van der Waals surface area contributed by atoms with Crippen molar-refractivity contribution in [1.29, 1.82) is 0 Å². The van der Waals surface area contributed by atoms with Gasteiger partial charge in [-0.05, 0) is 50.5 Å². The highest BCUT2D eigenvalue weighted by Crippen LogP contribution is 2.23. The average Bonchev–Trinajstić information content (AvgIpc) is 2.48. The molecule has 1 unspecified atom stereocenters. The van der Waals surface area contributed by atoms with Crippen molar-refractivity contribution in [2.75, 3.05) is 12.8 Å². The van der Waals surface area contributed by atoms with Gasteiger partial charge in [0.05, 0.1) is 12.5 Å². The van der Waals surface area contributed by atoms with E-state index < -0.39 is 11.5 Å². The molecule has 0 heterocycles. The Hall–Kier alpha value is -2.08. The number of nitrogens with two attached hydrogens (primary N) is 1. The predicted molar refractivity (Wildman–Crippen MR) is 93.4 cm³/mol. The van der Waals surface area contributed by atoms with Crippen molar-refractivity contribution in [2.45, 2.75) is 47.2 Å². The van der Waals surface area contributed by atoms with Gasteiger partial charge in [-0.1, -0.05) is 13.8 Å². The van der Waals surface area contributed by atoms with Gasteiger partial charge >= 0.3 is 11.9 Å². The maximum atomic E-state index is 12.0. The molecule has 0 bridgehead atoms. The summed E-state index contributed by atoms with van der Waals surface area (Å²) in [5.74, 6) is -0.139. The number of methoxy groups -OCH3 is 1. The lowest BCUT2D eigenvalue weighted by molar-refractivity contribution is -0.144. The zero-order chi connectivity index (χ0) is 18.5. The zero-order valence-electron chi connectivity index (χ0n) is 15.3. The molecule has 0 amide bonds. The summed E-state index contributed by atoms with van der Waals surface area (Å²) in [6.45, 7) is 9.60. The maximum Gasteiger partial charge on any atom is 0.323 e. The number of hydrogen-bond acceptors (Lipinski definition) is 6. The van der Waals surface area contributed by atoms with Gasteiger partial charge in [-0.2, -0.15) is 0 Å². The van der Waals surface area contributed by atoms with Crippen molar-refractivity contribution in [1.82, 2.24) is 5.32 Å². The molecule has 0 radical (unpaired) electrons. The van der Waals surface area contributed by atoms with Crippen LogP contribution < -0.4 is 15.8 Å². The lowest BCUT2D eigenvalue weighted by Gasteiger charge is -2.21. The van der Waals surface area contributed by atoms with Crippen LogP contribution in [0.1, 0.15) is 40.2 Å². The number of carbonyl (C=O) groups excluding carboxylic acids is 2. The average molecular weight is 336 g/mol. The highest BCUT2D eigenvalue weighted by molar-refractivity contribution is 5.78. The van der Waals surface area contributed by atoms with Gasteiger partial charge in [-0.3, -0.25) is 14.9 Å². The van der Waals surface area contributed by atoms with Crippen LogP contribution in [-0.4, -0.2) is 25.1 Å². The molecule has 134 valence electrons. The van der Waals surface area contributed by atoms with Crippen LogP contribution in [0.15, 0.2) is 18.2 Å². The van der Waals surface area contributed by atoms with E-state index in [1.807, 2.05) is 13.8 Å². The van der Waals surface area contributed by atoms with Crippen molar-refractivity contribution >= 4 is 17.6 Å². The lowest BCUT2D eigenvalue weighted by atomic mass is 9.97. The molecule has 1 rings (SSSR count). The second-order valence-electron chi connectivity index (χ2n) is 7.13. The summed E-state index contributed by atoms with van der Waals surface area (Å²) >= 11 is 0. The van der Waals surface area contributed by atoms with Gasteiger partial charge in [-0.15, -0.1) is 0 Å². The van der Waals surface area contributed by atoms with Crippen molar-refractivity contribution < 1.29 is 19.1 Å². The molecule has 6 nitrogen and oxygen atoms in total. The van der Waals surface area contributed by atoms with E-state index in [4.69, 9.17) is 15.2 Å². The quantitative estimate of drug-likeness (QED) is 0.471. The molecule has 24 heavy (non-hydrogen) atoms. The summed E-state index contributed by atoms with van der Waals surface area (Å²) in [6, 6.07) is 4.61. The second kappa shape index (κ2) is 8.15. The maximum absolute atomic E-state index is 12.0. The van der Waals surface area contributed by atoms with Crippen LogP contribution in [0.5, 0.6) is 5.75 Å². The third kappa shape index (κ3) is 5.53. The Morgan fingerprint density at radius 2 is 1.88 bits per heavy atom. The van der Waals surface area contributed by atoms with E-state index in [9.17, 15) is 9.59 Å². The molecule has 0 aliphatic heterocycles. The number of ether oxygens (including phenoxy) is 2. The Labute approximate surface area is 143 Å². The first-order chi connectivity index (χ1) is 11.1. The van der Waals surface area contributed by atoms with Gasteiger partial charge in [-0.25, -0.2) is 0 Å². The van der Waals surface area contributed by atoms with Crippen molar-refractivity contribution in [3.05, 3.63) is 23.8 Å². The van der Waals surface area contributed by atoms with Crippen LogP contribution in [0.3, 0.4) is 0 Å². The topological polar surface area (TPSA) is 90.6 Å². The predicted octanol–water partition coefficient (Wildman–Crippen LogP) is 2.51. The van der Waals surface area contributed by atoms with Crippen LogP contribution in [0, 0.1) is 11.3 Å². The zero-order valence-corrected chi connectivity index (χ0v) is 15.3. The highest BCUT2D eigenvalue weighted by atomic mass is 16.5. The molecule has 0 saturated carbocycles. The largest absolute Gasteiger partial charge is 0.468 e. The SMILES string of the molecule is COC(=O)C(NCc1cc(OC(=O)C(C)(C)C)ccc1N)C(C)C. The number of hydrogen-bond donors (Lipinski definition) is 2. The van der Waals surface area contributed by atoms with E-state index in [1.54, 1.807) is 39.0 Å². The van der Waals surface area contributed by atoms with Gasteiger partial charge in [0.2, 0.25) is 0 Å². The molecular weight excluding hydrogens is 308 g/mol. The van der Waals surface area contributed by atoms with E-state index in [1.165, 1.54) is 7.11 Å². The summed E-state index contributed by atoms with van der Waals surface area (Å²) in [4.78, 5) is 23.8. The number of nitrogen functional groups attached to an aromatic ring is 1. The van der Waals surface area contributed by atoms with Gasteiger partial charge in [0.25, 0.3) is 0 Å². The third-order valence-electron chi connectivity index (χ3n) is 3.57. The monoisotopic (exact) mass is 336 g/mol. The Balaban J connectivity index is 2.87. The Kier molecular flexibility index (Phi) is 6.78. The molecule has 3 N–H and O–H groups in total. The van der Waals surface area contributed by atoms with Crippen LogP contribution >= 0.6 is 0 Å². The number of benzene rings is 1. The summed E-state index contributed by atoms with van der Waals surface area (Å²) in [5, 5.41) is 3.14. The van der Waals surface area contributed by atoms with Gasteiger partial charge < -0.3 is 15.2 Å². The van der Waals surface area contributed by atoms with Crippen molar-refractivity contribution in [3.8, 4) is 5.75 Å². The number of esters is 2. The van der Waals surface area contributed by atoms with Crippen LogP contribution in [0.4, 0.5) is 5.69 Å². The first-order valence-corrected chi connectivity index (χ1v) is 7.98. The van der Waals surface area contributed by atoms with E-state index in [-0.39, 0.29) is 17.9 Å². The van der Waals surface area contributed by atoms with Crippen LogP contribution in [0.2, 0.25) is 0 Å². The Morgan fingerprint density at radius 3 is 2.38 bits per heavy atom. The molecular formula is C18H28N2O4. The minimum absolute atomic E-state index is 0.0700. The fourth-order valence-corrected chi connectivity index (χ4v) is 2.00. The summed E-state index contributed by atoms with van der Waals surface area (Å²) in [6.07, 6.45) is 0. The first-order valence-electron chi connectivity index (χ1n) is 7.98. The number of anilines is 1. The standard InChI is InChI=1S/C18H28N2O4/c1-11(2)15(16(21)23-6)20-10-12-9-13(7-8-14(12)19)24-17(22)18(3,4)5/h7-9,11,15,20H,10,19H2,1-6H3. The highest BCUT2D eigenvalue weighted by Gasteiger charge is 2.25. The summed E-state index contributed by atoms with van der Waals surface area (Å²) in [7, 11) is 1.36. The van der Waals surface area contributed by atoms with Crippen molar-refractivity contribution in [3.63, 3.8) is 0 Å². The fraction of sp³-hybridized carbons (Fsp3) is 0.556. The summed E-state index contributed by atoms with van der Waals surface area (Å²) in [5.41, 5.74) is 6.70. The van der Waals surface area contributed by atoms with E-state index >= 15 is 0 Å². The minimum Gasteiger partial charge on any atom is -0.468 e. The molecule has 0 aromatic heterocycles. The molecule has 6 heteroatoms. The first kappa shape index (κ1) is 20.0. The smallest absolute Gasteiger partial charge is 0.323 e. The molecule has 1 aromatic carbocycles. The van der Waals surface area contributed by atoms with Gasteiger partial charge in [0.1, 0.15) is 11.8 Å². The van der Waals surface area contributed by atoms with Gasteiger partial charge in [0.15, 0.2) is 0 Å². The molecule has 1 atom stereocenters. The van der Waals surface area contributed by atoms with E-state index in [0.29, 0.717) is 18.0 Å². The van der Waals surface area contributed by atoms with E-state index in [0.717, 1.165) is 5.56 Å².